The number of hydrogen-bond acceptors (Lipinski definition) is 0. The quantitative estimate of drug-likeness (QED) is 0.466. The van der Waals surface area contributed by atoms with Crippen LogP contribution in [0.15, 0.2) is 36.4 Å². The molecule has 79 valence electrons. The maximum Gasteiger partial charge on any atom is 3.00 e. The van der Waals surface area contributed by atoms with Gasteiger partial charge in [-0.15, -0.1) is 40.6 Å². The molecular formula is C12H13Br2Zr. The van der Waals surface area contributed by atoms with E-state index in [2.05, 4.69) is 50.2 Å². The fraction of sp³-hybridized carbons (Fsp3) is 0.250. The molecule has 0 amide bonds. The molecule has 0 aliphatic rings. The summed E-state index contributed by atoms with van der Waals surface area (Å²) >= 11 is 0. The Bertz CT molecular complexity index is 360. The molecule has 0 fully saturated rings. The largest absolute Gasteiger partial charge is 3.00 e. The third kappa shape index (κ3) is 4.21. The number of rotatable bonds is 1. The predicted octanol–water partition coefficient (Wildman–Crippen LogP) is -2.31. The second kappa shape index (κ2) is 7.87. The maximum atomic E-state index is 2.28. The second-order valence-electron chi connectivity index (χ2n) is 3.57. The standard InChI is InChI=1S/C12H13.2BrH.Zr/c1-9(2)12-7-10-5-3-4-6-11(10)8-12;;;/h3-9H,1-2H3;2*1H;/q-1;;;+3/p-2. The van der Waals surface area contributed by atoms with Crippen molar-refractivity contribution in [2.24, 2.45) is 0 Å². The Morgan fingerprint density at radius 3 is 2.20 bits per heavy atom. The smallest absolute Gasteiger partial charge is 1.00 e. The molecule has 0 saturated heterocycles. The molecule has 0 nitrogen and oxygen atoms in total. The van der Waals surface area contributed by atoms with Gasteiger partial charge in [0.15, 0.2) is 0 Å². The van der Waals surface area contributed by atoms with Crippen LogP contribution in [-0.4, -0.2) is 0 Å². The average molecular weight is 408 g/mol. The molecular weight excluding hydrogens is 395 g/mol. The van der Waals surface area contributed by atoms with E-state index in [1.165, 1.54) is 16.3 Å². The summed E-state index contributed by atoms with van der Waals surface area (Å²) in [6.07, 6.45) is 0. The van der Waals surface area contributed by atoms with Gasteiger partial charge in [-0.3, -0.25) is 0 Å². The summed E-state index contributed by atoms with van der Waals surface area (Å²) in [6.45, 7) is 4.46. The van der Waals surface area contributed by atoms with Gasteiger partial charge >= 0.3 is 26.2 Å². The summed E-state index contributed by atoms with van der Waals surface area (Å²) in [6, 6.07) is 13.1. The first-order valence-electron chi connectivity index (χ1n) is 4.43. The number of halogens is 2. The molecule has 15 heavy (non-hydrogen) atoms. The Morgan fingerprint density at radius 1 is 1.07 bits per heavy atom. The molecule has 0 aliphatic heterocycles. The van der Waals surface area contributed by atoms with Gasteiger partial charge < -0.3 is 34.0 Å². The van der Waals surface area contributed by atoms with E-state index >= 15 is 0 Å². The van der Waals surface area contributed by atoms with Crippen molar-refractivity contribution in [3.8, 4) is 0 Å². The summed E-state index contributed by atoms with van der Waals surface area (Å²) in [4.78, 5) is 0. The third-order valence-electron chi connectivity index (χ3n) is 2.31. The molecule has 2 rings (SSSR count). The van der Waals surface area contributed by atoms with E-state index in [-0.39, 0.29) is 60.2 Å². The van der Waals surface area contributed by atoms with E-state index < -0.39 is 0 Å². The van der Waals surface area contributed by atoms with Gasteiger partial charge in [-0.05, 0) is 5.92 Å². The molecule has 0 atom stereocenters. The Hall–Kier alpha value is 0.673. The van der Waals surface area contributed by atoms with Crippen LogP contribution >= 0.6 is 0 Å². The van der Waals surface area contributed by atoms with Crippen LogP contribution < -0.4 is 34.0 Å². The molecule has 0 heterocycles. The van der Waals surface area contributed by atoms with Crippen molar-refractivity contribution in [1.82, 2.24) is 0 Å². The minimum absolute atomic E-state index is 0. The van der Waals surface area contributed by atoms with Crippen LogP contribution in [0.5, 0.6) is 0 Å². The van der Waals surface area contributed by atoms with Crippen molar-refractivity contribution in [3.05, 3.63) is 42.0 Å². The van der Waals surface area contributed by atoms with Gasteiger partial charge in [0.25, 0.3) is 0 Å². The van der Waals surface area contributed by atoms with Crippen molar-refractivity contribution in [2.45, 2.75) is 19.8 Å². The third-order valence-corrected chi connectivity index (χ3v) is 2.31. The van der Waals surface area contributed by atoms with E-state index in [4.69, 9.17) is 0 Å². The fourth-order valence-corrected chi connectivity index (χ4v) is 1.51. The number of hydrogen-bond donors (Lipinski definition) is 0. The fourth-order valence-electron chi connectivity index (χ4n) is 1.51. The Morgan fingerprint density at radius 2 is 1.67 bits per heavy atom. The van der Waals surface area contributed by atoms with Crippen molar-refractivity contribution < 1.29 is 60.2 Å². The zero-order valence-corrected chi connectivity index (χ0v) is 14.4. The molecule has 2 aromatic rings. The molecule has 0 bridgehead atoms. The molecule has 0 saturated carbocycles. The summed E-state index contributed by atoms with van der Waals surface area (Å²) in [5.74, 6) is 0.636. The topological polar surface area (TPSA) is 0 Å². The minimum atomic E-state index is 0. The Labute approximate surface area is 131 Å². The minimum Gasteiger partial charge on any atom is -1.00 e. The van der Waals surface area contributed by atoms with Gasteiger partial charge in [0, 0.05) is 0 Å². The summed E-state index contributed by atoms with van der Waals surface area (Å²) in [7, 11) is 0. The summed E-state index contributed by atoms with van der Waals surface area (Å²) in [5.41, 5.74) is 1.44. The molecule has 0 unspecified atom stereocenters. The van der Waals surface area contributed by atoms with Crippen molar-refractivity contribution in [1.29, 1.82) is 0 Å². The van der Waals surface area contributed by atoms with Gasteiger partial charge in [-0.1, -0.05) is 19.9 Å². The molecule has 2 aromatic carbocycles. The van der Waals surface area contributed by atoms with Crippen LogP contribution in [0.3, 0.4) is 0 Å². The predicted molar refractivity (Wildman–Crippen MR) is 53.6 cm³/mol. The van der Waals surface area contributed by atoms with E-state index in [9.17, 15) is 0 Å². The van der Waals surface area contributed by atoms with E-state index in [0.29, 0.717) is 5.92 Å². The van der Waals surface area contributed by atoms with Crippen molar-refractivity contribution in [2.75, 3.05) is 0 Å². The van der Waals surface area contributed by atoms with Crippen molar-refractivity contribution in [3.63, 3.8) is 0 Å². The van der Waals surface area contributed by atoms with Crippen LogP contribution in [0, 0.1) is 0 Å². The monoisotopic (exact) mass is 405 g/mol. The van der Waals surface area contributed by atoms with Gasteiger partial charge in [0.05, 0.1) is 0 Å². The van der Waals surface area contributed by atoms with Crippen LogP contribution in [0.25, 0.3) is 10.8 Å². The zero-order valence-electron chi connectivity index (χ0n) is 8.80. The average Bonchev–Trinajstić information content (AvgIpc) is 2.46. The molecule has 1 radical (unpaired) electrons. The van der Waals surface area contributed by atoms with Crippen LogP contribution in [-0.2, 0) is 26.2 Å². The summed E-state index contributed by atoms with van der Waals surface area (Å²) in [5, 5.41) is 2.72. The van der Waals surface area contributed by atoms with Crippen LogP contribution in [0.1, 0.15) is 25.3 Å². The number of fused-ring (bicyclic) bond motifs is 1. The zero-order chi connectivity index (χ0) is 8.55. The molecule has 0 spiro atoms. The number of benzene rings is 1. The molecule has 0 N–H and O–H groups in total. The van der Waals surface area contributed by atoms with Gasteiger partial charge in [0.2, 0.25) is 0 Å². The van der Waals surface area contributed by atoms with Crippen LogP contribution in [0.2, 0.25) is 0 Å². The maximum absolute atomic E-state index is 2.28. The van der Waals surface area contributed by atoms with Gasteiger partial charge in [-0.2, -0.15) is 6.07 Å². The summed E-state index contributed by atoms with van der Waals surface area (Å²) < 4.78 is 0. The van der Waals surface area contributed by atoms with E-state index in [0.717, 1.165) is 0 Å². The van der Waals surface area contributed by atoms with E-state index in [1.807, 2.05) is 0 Å². The SMILES string of the molecule is CC(C)c1cc2ccccc2[cH-]1.[Br-].[Br-].[Zr+3]. The van der Waals surface area contributed by atoms with Crippen LogP contribution in [0.4, 0.5) is 0 Å². The van der Waals surface area contributed by atoms with E-state index in [1.54, 1.807) is 0 Å². The molecule has 3 heteroatoms. The Balaban J connectivity index is 0. The Kier molecular flexibility index (Phi) is 9.47. The second-order valence-corrected chi connectivity index (χ2v) is 3.57. The first kappa shape index (κ1) is 18.0. The first-order chi connectivity index (χ1) is 5.77. The first-order valence-corrected chi connectivity index (χ1v) is 4.43. The molecule has 0 aliphatic carbocycles. The molecule has 0 aromatic heterocycles. The normalized spacial score (nSPS) is 9.00. The van der Waals surface area contributed by atoms with Gasteiger partial charge in [0.1, 0.15) is 0 Å². The van der Waals surface area contributed by atoms with Crippen molar-refractivity contribution >= 4 is 10.8 Å². The van der Waals surface area contributed by atoms with Gasteiger partial charge in [-0.25, -0.2) is 0 Å².